The molecule has 3 rings (SSSR count). The molecule has 0 unspecified atom stereocenters. The molecule has 1 aromatic heterocycles. The van der Waals surface area contributed by atoms with Crippen LogP contribution in [-0.4, -0.2) is 10.5 Å². The van der Waals surface area contributed by atoms with Gasteiger partial charge in [0.15, 0.2) is 0 Å². The first-order chi connectivity index (χ1) is 11.1. The first-order valence-electron chi connectivity index (χ1n) is 7.37. The standard InChI is InChI=1S/C19H17FN2O/c1-13-12-18(19(23)21-16-6-4-3-5-7-16)14(2)22(13)17-10-8-15(20)9-11-17/h3-12H,1-2H3,(H,21,23). The summed E-state index contributed by atoms with van der Waals surface area (Å²) in [5.74, 6) is -0.434. The predicted molar refractivity (Wildman–Crippen MR) is 89.6 cm³/mol. The second kappa shape index (κ2) is 6.08. The molecule has 3 aromatic rings. The summed E-state index contributed by atoms with van der Waals surface area (Å²) in [5, 5.41) is 2.89. The average molecular weight is 308 g/mol. The van der Waals surface area contributed by atoms with Gasteiger partial charge in [-0.15, -0.1) is 0 Å². The summed E-state index contributed by atoms with van der Waals surface area (Å²) in [5.41, 5.74) is 3.94. The molecule has 0 aliphatic carbocycles. The number of anilines is 1. The van der Waals surface area contributed by atoms with Crippen molar-refractivity contribution in [3.63, 3.8) is 0 Å². The lowest BCUT2D eigenvalue weighted by Crippen LogP contribution is -2.13. The molecular formula is C19H17FN2O. The average Bonchev–Trinajstić information content (AvgIpc) is 2.84. The monoisotopic (exact) mass is 308 g/mol. The van der Waals surface area contributed by atoms with E-state index in [1.54, 1.807) is 12.1 Å². The zero-order valence-electron chi connectivity index (χ0n) is 13.0. The van der Waals surface area contributed by atoms with Crippen LogP contribution in [0.5, 0.6) is 0 Å². The highest BCUT2D eigenvalue weighted by atomic mass is 19.1. The Hall–Kier alpha value is -2.88. The normalized spacial score (nSPS) is 10.6. The van der Waals surface area contributed by atoms with Crippen LogP contribution in [0.15, 0.2) is 60.7 Å². The predicted octanol–water partition coefficient (Wildman–Crippen LogP) is 4.49. The number of halogens is 1. The van der Waals surface area contributed by atoms with Gasteiger partial charge >= 0.3 is 0 Å². The second-order valence-electron chi connectivity index (χ2n) is 5.42. The minimum Gasteiger partial charge on any atom is -0.322 e. The van der Waals surface area contributed by atoms with E-state index in [4.69, 9.17) is 0 Å². The molecule has 0 spiro atoms. The molecular weight excluding hydrogens is 291 g/mol. The van der Waals surface area contributed by atoms with Gasteiger partial charge in [0.25, 0.3) is 5.91 Å². The van der Waals surface area contributed by atoms with Gasteiger partial charge in [0.1, 0.15) is 5.82 Å². The minimum atomic E-state index is -0.279. The van der Waals surface area contributed by atoms with Crippen LogP contribution in [0, 0.1) is 19.7 Å². The molecule has 0 atom stereocenters. The third kappa shape index (κ3) is 3.01. The third-order valence-electron chi connectivity index (χ3n) is 3.79. The Balaban J connectivity index is 1.94. The first-order valence-corrected chi connectivity index (χ1v) is 7.37. The zero-order valence-corrected chi connectivity index (χ0v) is 13.0. The number of nitrogens with one attached hydrogen (secondary N) is 1. The van der Waals surface area contributed by atoms with E-state index in [-0.39, 0.29) is 11.7 Å². The van der Waals surface area contributed by atoms with Gasteiger partial charge in [0.2, 0.25) is 0 Å². The smallest absolute Gasteiger partial charge is 0.257 e. The highest BCUT2D eigenvalue weighted by Crippen LogP contribution is 2.22. The zero-order chi connectivity index (χ0) is 16.4. The summed E-state index contributed by atoms with van der Waals surface area (Å²) in [6.45, 7) is 3.81. The number of rotatable bonds is 3. The highest BCUT2D eigenvalue weighted by Gasteiger charge is 2.16. The molecule has 3 nitrogen and oxygen atoms in total. The highest BCUT2D eigenvalue weighted by molar-refractivity contribution is 6.05. The Kier molecular flexibility index (Phi) is 3.98. The molecule has 23 heavy (non-hydrogen) atoms. The number of amides is 1. The summed E-state index contributed by atoms with van der Waals surface area (Å²) < 4.78 is 15.0. The lowest BCUT2D eigenvalue weighted by Gasteiger charge is -2.10. The van der Waals surface area contributed by atoms with Crippen LogP contribution in [-0.2, 0) is 0 Å². The van der Waals surface area contributed by atoms with Crippen LogP contribution in [0.2, 0.25) is 0 Å². The van der Waals surface area contributed by atoms with E-state index in [2.05, 4.69) is 5.32 Å². The van der Waals surface area contributed by atoms with Crippen LogP contribution in [0.3, 0.4) is 0 Å². The van der Waals surface area contributed by atoms with Gasteiger partial charge in [-0.1, -0.05) is 18.2 Å². The van der Waals surface area contributed by atoms with Gasteiger partial charge in [-0.3, -0.25) is 4.79 Å². The lowest BCUT2D eigenvalue weighted by atomic mass is 10.2. The van der Waals surface area contributed by atoms with Crippen molar-refractivity contribution in [1.82, 2.24) is 4.57 Å². The molecule has 0 bridgehead atoms. The van der Waals surface area contributed by atoms with Crippen LogP contribution in [0.4, 0.5) is 10.1 Å². The molecule has 2 aromatic carbocycles. The van der Waals surface area contributed by atoms with Crippen LogP contribution < -0.4 is 5.32 Å². The second-order valence-corrected chi connectivity index (χ2v) is 5.42. The summed E-state index contributed by atoms with van der Waals surface area (Å²) in [7, 11) is 0. The fourth-order valence-electron chi connectivity index (χ4n) is 2.70. The number of hydrogen-bond acceptors (Lipinski definition) is 1. The van der Waals surface area contributed by atoms with Crippen LogP contribution in [0.25, 0.3) is 5.69 Å². The van der Waals surface area contributed by atoms with Gasteiger partial charge in [0.05, 0.1) is 5.56 Å². The van der Waals surface area contributed by atoms with E-state index in [0.717, 1.165) is 22.8 Å². The molecule has 1 N–H and O–H groups in total. The van der Waals surface area contributed by atoms with Crippen LogP contribution >= 0.6 is 0 Å². The number of aromatic nitrogens is 1. The topological polar surface area (TPSA) is 34.0 Å². The number of hydrogen-bond donors (Lipinski definition) is 1. The largest absolute Gasteiger partial charge is 0.322 e. The maximum Gasteiger partial charge on any atom is 0.257 e. The lowest BCUT2D eigenvalue weighted by molar-refractivity contribution is 0.102. The quantitative estimate of drug-likeness (QED) is 0.760. The molecule has 1 amide bonds. The summed E-state index contributed by atoms with van der Waals surface area (Å²) >= 11 is 0. The maximum atomic E-state index is 13.1. The van der Waals surface area contributed by atoms with Crippen molar-refractivity contribution in [3.05, 3.63) is 83.4 Å². The molecule has 0 aliphatic heterocycles. The number of nitrogens with zero attached hydrogens (tertiary/aromatic N) is 1. The molecule has 1 heterocycles. The van der Waals surface area contributed by atoms with Crippen molar-refractivity contribution >= 4 is 11.6 Å². The van der Waals surface area contributed by atoms with Gasteiger partial charge in [-0.25, -0.2) is 4.39 Å². The number of carbonyl (C=O) groups excluding carboxylic acids is 1. The Morgan fingerprint density at radius 1 is 1.00 bits per heavy atom. The van der Waals surface area contributed by atoms with Crippen molar-refractivity contribution in [2.45, 2.75) is 13.8 Å². The molecule has 0 fully saturated rings. The SMILES string of the molecule is Cc1cc(C(=O)Nc2ccccc2)c(C)n1-c1ccc(F)cc1. The third-order valence-corrected chi connectivity index (χ3v) is 3.79. The van der Waals surface area contributed by atoms with E-state index in [9.17, 15) is 9.18 Å². The summed E-state index contributed by atoms with van der Waals surface area (Å²) in [4.78, 5) is 12.5. The van der Waals surface area contributed by atoms with Gasteiger partial charge in [0, 0.05) is 22.8 Å². The summed E-state index contributed by atoms with van der Waals surface area (Å²) in [6, 6.07) is 17.4. The number of carbonyl (C=O) groups is 1. The van der Waals surface area contributed by atoms with E-state index in [1.165, 1.54) is 12.1 Å². The molecule has 4 heteroatoms. The van der Waals surface area contributed by atoms with Gasteiger partial charge in [-0.2, -0.15) is 0 Å². The first kappa shape index (κ1) is 15.0. The Bertz CT molecular complexity index is 836. The molecule has 0 radical (unpaired) electrons. The Morgan fingerprint density at radius 3 is 2.30 bits per heavy atom. The van der Waals surface area contributed by atoms with E-state index >= 15 is 0 Å². The van der Waals surface area contributed by atoms with Crippen LogP contribution in [0.1, 0.15) is 21.7 Å². The van der Waals surface area contributed by atoms with E-state index in [0.29, 0.717) is 5.56 Å². The summed E-state index contributed by atoms with van der Waals surface area (Å²) in [6.07, 6.45) is 0. The van der Waals surface area contributed by atoms with E-state index in [1.807, 2.05) is 54.8 Å². The van der Waals surface area contributed by atoms with Gasteiger partial charge in [-0.05, 0) is 56.3 Å². The fourth-order valence-corrected chi connectivity index (χ4v) is 2.70. The number of benzene rings is 2. The minimum absolute atomic E-state index is 0.155. The van der Waals surface area contributed by atoms with Crippen molar-refractivity contribution < 1.29 is 9.18 Å². The van der Waals surface area contributed by atoms with Crippen molar-refractivity contribution in [2.24, 2.45) is 0 Å². The molecule has 0 aliphatic rings. The van der Waals surface area contributed by atoms with E-state index < -0.39 is 0 Å². The molecule has 0 saturated heterocycles. The fraction of sp³-hybridized carbons (Fsp3) is 0.105. The van der Waals surface area contributed by atoms with Gasteiger partial charge < -0.3 is 9.88 Å². The van der Waals surface area contributed by atoms with Crippen molar-refractivity contribution in [3.8, 4) is 5.69 Å². The molecule has 116 valence electrons. The maximum absolute atomic E-state index is 13.1. The van der Waals surface area contributed by atoms with Crippen molar-refractivity contribution in [2.75, 3.05) is 5.32 Å². The Morgan fingerprint density at radius 2 is 1.65 bits per heavy atom. The molecule has 0 saturated carbocycles. The van der Waals surface area contributed by atoms with Crippen molar-refractivity contribution in [1.29, 1.82) is 0 Å². The number of aryl methyl sites for hydroxylation is 1. The number of para-hydroxylation sites is 1. The Labute approximate surface area is 134 Å².